The van der Waals surface area contributed by atoms with E-state index < -0.39 is 0 Å². The number of nitrogens with one attached hydrogen (secondary N) is 1. The number of carbonyl (C=O) groups is 2. The summed E-state index contributed by atoms with van der Waals surface area (Å²) < 4.78 is 16.2. The summed E-state index contributed by atoms with van der Waals surface area (Å²) in [5.41, 5.74) is 1.04. The minimum absolute atomic E-state index is 0.0292. The van der Waals surface area contributed by atoms with Crippen LogP contribution in [0, 0.1) is 0 Å². The Kier molecular flexibility index (Phi) is 13.8. The molecule has 1 aromatic heterocycles. The summed E-state index contributed by atoms with van der Waals surface area (Å²) in [4.78, 5) is 30.9. The van der Waals surface area contributed by atoms with Crippen LogP contribution in [0.1, 0.15) is 43.6 Å². The van der Waals surface area contributed by atoms with Crippen LogP contribution in [0.2, 0.25) is 0 Å². The Balaban J connectivity index is 2.11. The number of thiophene rings is 1. The molecule has 2 rings (SSSR count). The molecule has 0 atom stereocenters. The van der Waals surface area contributed by atoms with Crippen molar-refractivity contribution in [2.75, 3.05) is 53.6 Å². The number of nitrogens with zero attached hydrogens (tertiary/aromatic N) is 2. The van der Waals surface area contributed by atoms with Crippen LogP contribution in [0.25, 0.3) is 0 Å². The van der Waals surface area contributed by atoms with E-state index in [4.69, 9.17) is 14.2 Å². The van der Waals surface area contributed by atoms with Crippen molar-refractivity contribution in [3.63, 3.8) is 0 Å². The van der Waals surface area contributed by atoms with Gasteiger partial charge in [-0.05, 0) is 55.3 Å². The molecule has 1 heterocycles. The van der Waals surface area contributed by atoms with E-state index in [-0.39, 0.29) is 18.5 Å². The lowest BCUT2D eigenvalue weighted by Gasteiger charge is -2.28. The van der Waals surface area contributed by atoms with Crippen LogP contribution in [0.15, 0.2) is 35.7 Å². The molecule has 9 heteroatoms. The second kappa shape index (κ2) is 16.8. The first kappa shape index (κ1) is 29.5. The third-order valence-corrected chi connectivity index (χ3v) is 6.60. The molecular weight excluding hydrogens is 478 g/mol. The van der Waals surface area contributed by atoms with Crippen LogP contribution < -0.4 is 14.8 Å². The first-order valence-corrected chi connectivity index (χ1v) is 13.5. The minimum atomic E-state index is -0.204. The van der Waals surface area contributed by atoms with Gasteiger partial charge in [0, 0.05) is 37.7 Å². The topological polar surface area (TPSA) is 80.3 Å². The molecule has 3 amide bonds. The highest BCUT2D eigenvalue weighted by Crippen LogP contribution is 2.28. The fourth-order valence-electron chi connectivity index (χ4n) is 3.68. The van der Waals surface area contributed by atoms with Crippen molar-refractivity contribution in [3.05, 3.63) is 46.2 Å². The van der Waals surface area contributed by atoms with Gasteiger partial charge in [0.25, 0.3) is 0 Å². The van der Waals surface area contributed by atoms with Crippen LogP contribution >= 0.6 is 11.3 Å². The first-order valence-electron chi connectivity index (χ1n) is 12.6. The summed E-state index contributed by atoms with van der Waals surface area (Å²) in [6.07, 6.45) is 3.24. The zero-order valence-corrected chi connectivity index (χ0v) is 22.9. The summed E-state index contributed by atoms with van der Waals surface area (Å²) in [6, 6.07) is 9.60. The lowest BCUT2D eigenvalue weighted by Crippen LogP contribution is -2.47. The maximum atomic E-state index is 13.5. The lowest BCUT2D eigenvalue weighted by atomic mass is 10.1. The number of hydrogen-bond acceptors (Lipinski definition) is 6. The van der Waals surface area contributed by atoms with Gasteiger partial charge in [-0.1, -0.05) is 25.5 Å². The van der Waals surface area contributed by atoms with Gasteiger partial charge in [0.15, 0.2) is 11.5 Å². The maximum absolute atomic E-state index is 13.5. The number of benzene rings is 1. The highest BCUT2D eigenvalue weighted by Gasteiger charge is 2.22. The van der Waals surface area contributed by atoms with Gasteiger partial charge in [0.2, 0.25) is 5.91 Å². The summed E-state index contributed by atoms with van der Waals surface area (Å²) in [5.74, 6) is 1.26. The van der Waals surface area contributed by atoms with E-state index in [0.717, 1.165) is 23.3 Å². The number of urea groups is 1. The summed E-state index contributed by atoms with van der Waals surface area (Å²) >= 11 is 1.62. The first-order chi connectivity index (χ1) is 17.5. The third-order valence-electron chi connectivity index (χ3n) is 5.74. The van der Waals surface area contributed by atoms with Crippen molar-refractivity contribution in [1.29, 1.82) is 0 Å². The molecule has 0 bridgehead atoms. The molecule has 0 unspecified atom stereocenters. The number of carbonyl (C=O) groups excluding carboxylic acids is 2. The molecule has 1 aromatic carbocycles. The molecular formula is C27H41N3O5S. The molecule has 1 N–H and O–H groups in total. The Morgan fingerprint density at radius 2 is 1.81 bits per heavy atom. The lowest BCUT2D eigenvalue weighted by molar-refractivity contribution is -0.132. The molecule has 0 fully saturated rings. The fourth-order valence-corrected chi connectivity index (χ4v) is 4.40. The zero-order chi connectivity index (χ0) is 26.2. The average molecular weight is 520 g/mol. The monoisotopic (exact) mass is 519 g/mol. The molecule has 0 saturated heterocycles. The van der Waals surface area contributed by atoms with Crippen molar-refractivity contribution < 1.29 is 23.8 Å². The number of ether oxygens (including phenoxy) is 3. The molecule has 200 valence electrons. The third kappa shape index (κ3) is 10.1. The largest absolute Gasteiger partial charge is 0.493 e. The van der Waals surface area contributed by atoms with Crippen molar-refractivity contribution in [1.82, 2.24) is 15.1 Å². The Morgan fingerprint density at radius 3 is 2.47 bits per heavy atom. The molecule has 0 aliphatic heterocycles. The number of amides is 3. The van der Waals surface area contributed by atoms with Gasteiger partial charge in [0.1, 0.15) is 6.54 Å². The van der Waals surface area contributed by atoms with E-state index in [9.17, 15) is 9.59 Å². The van der Waals surface area contributed by atoms with Crippen LogP contribution in [0.5, 0.6) is 11.5 Å². The second-order valence-electron chi connectivity index (χ2n) is 8.39. The molecule has 2 aromatic rings. The van der Waals surface area contributed by atoms with Gasteiger partial charge < -0.3 is 29.3 Å². The number of rotatable bonds is 17. The Labute approximate surface area is 219 Å². The highest BCUT2D eigenvalue weighted by molar-refractivity contribution is 7.09. The molecule has 0 aliphatic rings. The van der Waals surface area contributed by atoms with Crippen molar-refractivity contribution >= 4 is 23.3 Å². The Morgan fingerprint density at radius 1 is 1.00 bits per heavy atom. The SMILES string of the molecule is CCCCNC(=O)N(CCCOCC)CC(=O)N(CCc1ccc(OC)c(OC)c1)Cc1cccs1. The van der Waals surface area contributed by atoms with Crippen LogP contribution in [0.3, 0.4) is 0 Å². The van der Waals surface area contributed by atoms with Gasteiger partial charge in [-0.2, -0.15) is 0 Å². The zero-order valence-electron chi connectivity index (χ0n) is 22.1. The van der Waals surface area contributed by atoms with E-state index in [1.165, 1.54) is 0 Å². The quantitative estimate of drug-likeness (QED) is 0.310. The number of methoxy groups -OCH3 is 2. The summed E-state index contributed by atoms with van der Waals surface area (Å²) in [5, 5.41) is 4.95. The molecule has 8 nitrogen and oxygen atoms in total. The Hall–Kier alpha value is -2.78. The van der Waals surface area contributed by atoms with E-state index in [1.54, 1.807) is 30.5 Å². The molecule has 36 heavy (non-hydrogen) atoms. The number of hydrogen-bond donors (Lipinski definition) is 1. The molecule has 0 saturated carbocycles. The van der Waals surface area contributed by atoms with Gasteiger partial charge in [-0.25, -0.2) is 4.79 Å². The van der Waals surface area contributed by atoms with Gasteiger partial charge in [0.05, 0.1) is 20.8 Å². The second-order valence-corrected chi connectivity index (χ2v) is 9.42. The predicted octanol–water partition coefficient (Wildman–Crippen LogP) is 4.57. The maximum Gasteiger partial charge on any atom is 0.317 e. The molecule has 0 spiro atoms. The van der Waals surface area contributed by atoms with Crippen LogP contribution in [0.4, 0.5) is 4.79 Å². The fraction of sp³-hybridized carbons (Fsp3) is 0.556. The van der Waals surface area contributed by atoms with E-state index >= 15 is 0 Å². The van der Waals surface area contributed by atoms with Crippen molar-refractivity contribution in [2.45, 2.75) is 46.1 Å². The van der Waals surface area contributed by atoms with Crippen molar-refractivity contribution in [2.24, 2.45) is 0 Å². The normalized spacial score (nSPS) is 10.7. The Bertz CT molecular complexity index is 907. The standard InChI is InChI=1S/C27H41N3O5S/c1-5-7-14-28-27(32)30(15-9-17-35-6-2)21-26(31)29(20-23-10-8-18-36-23)16-13-22-11-12-24(33-3)25(19-22)34-4/h8,10-12,18-19H,5-7,9,13-17,20-21H2,1-4H3,(H,28,32). The molecule has 0 radical (unpaired) electrons. The predicted molar refractivity (Wildman–Crippen MR) is 144 cm³/mol. The van der Waals surface area contributed by atoms with Gasteiger partial charge >= 0.3 is 6.03 Å². The van der Waals surface area contributed by atoms with E-state index in [0.29, 0.717) is 63.7 Å². The highest BCUT2D eigenvalue weighted by atomic mass is 32.1. The smallest absolute Gasteiger partial charge is 0.317 e. The minimum Gasteiger partial charge on any atom is -0.493 e. The van der Waals surface area contributed by atoms with Gasteiger partial charge in [-0.3, -0.25) is 4.79 Å². The van der Waals surface area contributed by atoms with Crippen LogP contribution in [-0.2, 0) is 22.5 Å². The summed E-state index contributed by atoms with van der Waals surface area (Å²) in [7, 11) is 3.22. The van der Waals surface area contributed by atoms with E-state index in [1.807, 2.05) is 47.5 Å². The summed E-state index contributed by atoms with van der Waals surface area (Å²) in [6.45, 7) is 7.34. The van der Waals surface area contributed by atoms with Gasteiger partial charge in [-0.15, -0.1) is 11.3 Å². The molecule has 0 aliphatic carbocycles. The average Bonchev–Trinajstić information content (AvgIpc) is 3.41. The number of unbranched alkanes of at least 4 members (excludes halogenated alkanes) is 1. The van der Waals surface area contributed by atoms with E-state index in [2.05, 4.69) is 12.2 Å². The van der Waals surface area contributed by atoms with Crippen LogP contribution in [-0.4, -0.2) is 75.4 Å². The van der Waals surface area contributed by atoms with Crippen molar-refractivity contribution in [3.8, 4) is 11.5 Å².